The van der Waals surface area contributed by atoms with Gasteiger partial charge in [-0.3, -0.25) is 9.13 Å². The number of hydrogen-bond acceptors (Lipinski definition) is 4. The molecule has 28 aromatic rings. The standard InChI is InChI=1S/C37H26N2.C37H24N2.C32H24N2.C32H22N2/c1-2-14-29(15-3-1)39-35-20-9-8-19-34(35)38-37(39)28-13-10-12-26(23-28)33-24-27-22-21-25-11-4-5-16-30(25)36(27)32-18-7-6-17-31(32)33;1-2-11-29(12-3-1)39-35-17-9-8-16-34(35)38-37(39)27-21-18-26(19-22-27)33-24-28-23-20-25-10-4-5-13-30(25)36(28)32-15-7-6-14-31(32)33;1-34-30-16-7-6-15-29(30)33-32(34)24-11-8-10-22(19-24)28-20-23-18-17-21-9-2-3-12-25(21)31(23)27-14-5-4-13-26(27)28;1-34-30-13-7-6-12-29(30)33-32(34)23-17-14-22(15-18-23)28-20-24-19-16-21-8-2-3-9-25(21)31(24)27-11-5-4-10-26(27)28/h1-20,23-24H,21-22H2;1-24H;2-16,19-20H,17-18H2,1H3;2-20H,1H3. The summed E-state index contributed by atoms with van der Waals surface area (Å²) < 4.78 is 8.88. The Hall–Kier alpha value is -18.8. The summed E-state index contributed by atoms with van der Waals surface area (Å²) >= 11 is 0. The van der Waals surface area contributed by atoms with Gasteiger partial charge in [-0.1, -0.05) is 388 Å². The summed E-state index contributed by atoms with van der Waals surface area (Å²) in [7, 11) is 4.18. The summed E-state index contributed by atoms with van der Waals surface area (Å²) in [5.41, 5.74) is 36.6. The van der Waals surface area contributed by atoms with Gasteiger partial charge < -0.3 is 9.13 Å². The Morgan fingerprint density at radius 2 is 0.459 bits per heavy atom. The van der Waals surface area contributed by atoms with Gasteiger partial charge in [0.05, 0.1) is 44.1 Å². The predicted molar refractivity (Wildman–Crippen MR) is 613 cm³/mol. The molecule has 0 saturated carbocycles. The summed E-state index contributed by atoms with van der Waals surface area (Å²) in [6.07, 6.45) is 4.32. The van der Waals surface area contributed by atoms with Gasteiger partial charge in [-0.05, 0) is 310 Å². The van der Waals surface area contributed by atoms with Gasteiger partial charge in [-0.25, -0.2) is 19.9 Å². The number of para-hydroxylation sites is 10. The molecule has 0 unspecified atom stereocenters. The van der Waals surface area contributed by atoms with Gasteiger partial charge in [0.25, 0.3) is 0 Å². The van der Waals surface area contributed by atoms with Crippen molar-refractivity contribution in [1.29, 1.82) is 0 Å². The van der Waals surface area contributed by atoms with Crippen LogP contribution < -0.4 is 0 Å². The molecular weight excluding hydrogens is 1770 g/mol. The highest BCUT2D eigenvalue weighted by Crippen LogP contribution is 2.49. The topological polar surface area (TPSA) is 71.3 Å². The van der Waals surface area contributed by atoms with E-state index in [2.05, 4.69) is 506 Å². The van der Waals surface area contributed by atoms with E-state index in [4.69, 9.17) is 19.9 Å². The molecule has 4 aromatic heterocycles. The highest BCUT2D eigenvalue weighted by atomic mass is 15.1. The largest absolute Gasteiger partial charge is 0.327 e. The molecule has 0 radical (unpaired) electrons. The fourth-order valence-corrected chi connectivity index (χ4v) is 23.3. The van der Waals surface area contributed by atoms with Crippen molar-refractivity contribution in [3.05, 3.63) is 520 Å². The summed E-state index contributed by atoms with van der Waals surface area (Å²) in [5, 5.41) is 20.7. The van der Waals surface area contributed by atoms with Crippen LogP contribution in [-0.2, 0) is 39.8 Å². The van der Waals surface area contributed by atoms with Crippen LogP contribution in [0, 0.1) is 0 Å². The van der Waals surface area contributed by atoms with E-state index in [1.165, 1.54) is 175 Å². The minimum absolute atomic E-state index is 0.948. The fraction of sp³-hybridized carbons (Fsp3) is 0.0435. The van der Waals surface area contributed by atoms with Crippen molar-refractivity contribution in [2.75, 3.05) is 0 Å². The molecule has 146 heavy (non-hydrogen) atoms. The van der Waals surface area contributed by atoms with Crippen molar-refractivity contribution in [3.8, 4) is 124 Å². The highest BCUT2D eigenvalue weighted by Gasteiger charge is 2.27. The maximum absolute atomic E-state index is 5.11. The summed E-state index contributed by atoms with van der Waals surface area (Å²) in [5.74, 6) is 3.89. The molecule has 0 atom stereocenters. The number of benzene rings is 24. The molecule has 0 N–H and O–H groups in total. The average molecular weight is 1870 g/mol. The van der Waals surface area contributed by atoms with Gasteiger partial charge in [0, 0.05) is 47.7 Å². The zero-order chi connectivity index (χ0) is 96.8. The Labute approximate surface area is 845 Å². The van der Waals surface area contributed by atoms with Gasteiger partial charge >= 0.3 is 0 Å². The van der Waals surface area contributed by atoms with Crippen LogP contribution in [0.15, 0.2) is 497 Å². The first kappa shape index (κ1) is 86.4. The quantitative estimate of drug-likeness (QED) is 0.128. The predicted octanol–water partition coefficient (Wildman–Crippen LogP) is 35.3. The second-order valence-corrected chi connectivity index (χ2v) is 38.5. The Kier molecular flexibility index (Phi) is 21.5. The van der Waals surface area contributed by atoms with Crippen LogP contribution in [0.1, 0.15) is 22.3 Å². The molecule has 0 amide bonds. The minimum atomic E-state index is 0.948. The number of rotatable bonds is 10. The Balaban J connectivity index is 0.0000000967. The Morgan fingerprint density at radius 3 is 0.890 bits per heavy atom. The molecule has 8 heteroatoms. The lowest BCUT2D eigenvalue weighted by atomic mass is 9.80. The number of hydrogen-bond donors (Lipinski definition) is 0. The van der Waals surface area contributed by atoms with Crippen molar-refractivity contribution in [3.63, 3.8) is 0 Å². The first-order valence-corrected chi connectivity index (χ1v) is 50.5. The van der Waals surface area contributed by atoms with Crippen molar-refractivity contribution < 1.29 is 0 Å². The minimum Gasteiger partial charge on any atom is -0.327 e. The summed E-state index contributed by atoms with van der Waals surface area (Å²) in [4.78, 5) is 20.0. The lowest BCUT2D eigenvalue weighted by Gasteiger charge is -2.23. The monoisotopic (exact) mass is 1860 g/mol. The maximum atomic E-state index is 5.11. The van der Waals surface area contributed by atoms with Crippen molar-refractivity contribution in [1.82, 2.24) is 38.2 Å². The van der Waals surface area contributed by atoms with Gasteiger partial charge in [-0.2, -0.15) is 0 Å². The van der Waals surface area contributed by atoms with E-state index < -0.39 is 0 Å². The lowest BCUT2D eigenvalue weighted by Crippen LogP contribution is -2.05. The van der Waals surface area contributed by atoms with Crippen molar-refractivity contribution >= 4 is 130 Å². The first-order valence-electron chi connectivity index (χ1n) is 50.5. The Morgan fingerprint density at radius 1 is 0.171 bits per heavy atom. The highest BCUT2D eigenvalue weighted by molar-refractivity contribution is 6.25. The second kappa shape index (κ2) is 36.4. The lowest BCUT2D eigenvalue weighted by molar-refractivity contribution is 0.945. The number of aryl methyl sites for hydroxylation is 6. The van der Waals surface area contributed by atoms with Crippen LogP contribution in [0.5, 0.6) is 0 Å². The van der Waals surface area contributed by atoms with Gasteiger partial charge in [0.15, 0.2) is 0 Å². The smallest absolute Gasteiger partial charge is 0.145 e. The molecule has 0 bridgehead atoms. The van der Waals surface area contributed by atoms with Crippen molar-refractivity contribution in [2.24, 2.45) is 14.1 Å². The van der Waals surface area contributed by atoms with E-state index in [1.54, 1.807) is 0 Å². The molecule has 2 aliphatic rings. The molecule has 0 fully saturated rings. The number of aromatic nitrogens is 8. The fourth-order valence-electron chi connectivity index (χ4n) is 23.3. The van der Waals surface area contributed by atoms with Crippen LogP contribution in [-0.4, -0.2) is 38.2 Å². The number of nitrogens with zero attached hydrogens (tertiary/aromatic N) is 8. The molecule has 24 aromatic carbocycles. The molecule has 2 aliphatic carbocycles. The normalized spacial score (nSPS) is 12.1. The average Bonchev–Trinajstić information content (AvgIpc) is 1.00. The first-order chi connectivity index (χ1) is 72.2. The third-order valence-corrected chi connectivity index (χ3v) is 30.1. The molecule has 4 heterocycles. The summed E-state index contributed by atoms with van der Waals surface area (Å²) in [6, 6.07) is 179. The molecule has 30 rings (SSSR count). The Bertz CT molecular complexity index is 10000. The molecular formula is C138H96N8. The molecule has 8 nitrogen and oxygen atoms in total. The van der Waals surface area contributed by atoms with Crippen LogP contribution in [0.25, 0.3) is 254 Å². The van der Waals surface area contributed by atoms with E-state index >= 15 is 0 Å². The van der Waals surface area contributed by atoms with Gasteiger partial charge in [0.1, 0.15) is 23.3 Å². The molecule has 0 saturated heterocycles. The molecule has 688 valence electrons. The van der Waals surface area contributed by atoms with E-state index in [-0.39, 0.29) is 0 Å². The number of imidazole rings is 4. The third kappa shape index (κ3) is 15.1. The second-order valence-electron chi connectivity index (χ2n) is 38.5. The van der Waals surface area contributed by atoms with Crippen LogP contribution >= 0.6 is 0 Å². The van der Waals surface area contributed by atoms with Crippen LogP contribution in [0.3, 0.4) is 0 Å². The van der Waals surface area contributed by atoms with E-state index in [1.807, 2.05) is 24.3 Å². The van der Waals surface area contributed by atoms with Crippen molar-refractivity contribution in [2.45, 2.75) is 25.7 Å². The maximum Gasteiger partial charge on any atom is 0.145 e. The van der Waals surface area contributed by atoms with E-state index in [9.17, 15) is 0 Å². The van der Waals surface area contributed by atoms with E-state index in [0.717, 1.165) is 127 Å². The zero-order valence-corrected chi connectivity index (χ0v) is 80.7. The molecule has 0 spiro atoms. The zero-order valence-electron chi connectivity index (χ0n) is 80.7. The third-order valence-electron chi connectivity index (χ3n) is 30.1. The van der Waals surface area contributed by atoms with E-state index in [0.29, 0.717) is 0 Å². The van der Waals surface area contributed by atoms with Crippen LogP contribution in [0.2, 0.25) is 0 Å². The van der Waals surface area contributed by atoms with Crippen LogP contribution in [0.4, 0.5) is 0 Å². The SMILES string of the molecule is Cn1c(-c2ccc(-c3cc4ccc5ccccc5c4c4ccccc34)cc2)nc2ccccc21.Cn1c(-c2cccc(-c3cc4c(c5ccccc35)-c3ccccc3CC4)c2)nc2ccccc21.c1ccc(-n2c(-c3ccc(-c4cc5ccc6ccccc6c5c5ccccc45)cc3)nc3ccccc32)cc1.c1ccc(-n2c(-c3cccc(-c4cc5c(c6ccccc46)-c4ccccc4CC5)c3)nc3ccccc32)cc1. The summed E-state index contributed by atoms with van der Waals surface area (Å²) in [6.45, 7) is 0. The van der Waals surface area contributed by atoms with Gasteiger partial charge in [0.2, 0.25) is 0 Å². The number of fused-ring (bicyclic) bond motifs is 24. The van der Waals surface area contributed by atoms with Gasteiger partial charge in [-0.15, -0.1) is 0 Å². The molecule has 0 aliphatic heterocycles.